The smallest absolute Gasteiger partial charge is 0.220 e. The lowest BCUT2D eigenvalue weighted by molar-refractivity contribution is -0.359. The van der Waals surface area contributed by atoms with Gasteiger partial charge in [0.15, 0.2) is 12.6 Å². The second-order valence-electron chi connectivity index (χ2n) is 25.3. The van der Waals surface area contributed by atoms with Gasteiger partial charge in [-0.2, -0.15) is 0 Å². The summed E-state index contributed by atoms with van der Waals surface area (Å²) in [6.45, 7) is 2.75. The van der Waals surface area contributed by atoms with Crippen LogP contribution in [0.4, 0.5) is 0 Å². The van der Waals surface area contributed by atoms with E-state index in [-0.39, 0.29) is 18.9 Å². The van der Waals surface area contributed by atoms with Crippen LogP contribution in [-0.2, 0) is 23.7 Å². The van der Waals surface area contributed by atoms with Crippen LogP contribution in [0.1, 0.15) is 271 Å². The number of nitrogens with one attached hydrogen (secondary N) is 1. The maximum atomic E-state index is 13.4. The molecule has 12 unspecified atom stereocenters. The normalized spacial score (nSPS) is 23.4. The molecule has 1 amide bonds. The highest BCUT2D eigenvalue weighted by atomic mass is 16.7. The molecule has 0 aromatic carbocycles. The van der Waals surface area contributed by atoms with E-state index in [0.29, 0.717) is 12.8 Å². The van der Waals surface area contributed by atoms with Gasteiger partial charge in [-0.25, -0.2) is 0 Å². The molecule has 0 aromatic rings. The number of hydrogen-bond donors (Lipinski definition) is 9. The first kappa shape index (κ1) is 84.5. The number of aliphatic hydroxyl groups is 8. The van der Waals surface area contributed by atoms with E-state index in [2.05, 4.69) is 141 Å². The molecule has 2 fully saturated rings. The SMILES string of the molecule is CC/C=C\C/C=C\C/C=C\C/C=C\C/C=C\C/C=C\C/C=C\C/C=C\C/C=C\C/C=C\CCCCCCC(=O)NC(COC1OC(CO)C(OC2OC(CO)C(O)C(O)C2O)C(O)C1O)C(O)CCCCCCCCCCCCCCCCCCCCCCCCC. The maximum Gasteiger partial charge on any atom is 0.220 e. The van der Waals surface area contributed by atoms with Gasteiger partial charge in [-0.05, 0) is 89.9 Å². The number of aliphatic hydroxyl groups excluding tert-OH is 8. The lowest BCUT2D eigenvalue weighted by Gasteiger charge is -2.46. The van der Waals surface area contributed by atoms with E-state index in [9.17, 15) is 45.6 Å². The molecule has 2 rings (SSSR count). The van der Waals surface area contributed by atoms with Gasteiger partial charge in [-0.15, -0.1) is 0 Å². The monoisotopic (exact) mass is 1290 g/mol. The van der Waals surface area contributed by atoms with Crippen LogP contribution in [0.25, 0.3) is 0 Å². The molecule has 528 valence electrons. The molecule has 0 aliphatic carbocycles. The van der Waals surface area contributed by atoms with E-state index in [1.165, 1.54) is 122 Å². The van der Waals surface area contributed by atoms with Gasteiger partial charge in [0.05, 0.1) is 32.0 Å². The standard InChI is InChI=1S/C78H133NO13/c1-3-5-7-9-11-13-15-17-19-21-23-25-27-28-29-30-31-32-33-34-35-36-37-38-40-42-44-46-48-50-52-54-56-58-60-62-70(83)79-66(65-89-77-75(88)73(86)76(69(64-81)91-77)92-78-74(87)72(85)71(84)68(63-80)90-78)67(82)61-59-57-55-53-51-49-47-45-43-41-39-26-24-22-20-18-16-14-12-10-8-6-4-2/h5,7,11,13,17,19,23,25,28-29,31-32,34-35,37-38,42,44,48,50,66-69,71-78,80-82,84-88H,3-4,6,8-10,12,14-16,18,20-22,24,26-27,30,33,36,39-41,43,45-47,49,51-65H2,1-2H3,(H,79,83)/b7-5-,13-11-,19-17-,25-23-,29-28-,32-31-,35-34-,38-37-,44-42-,50-48-. The summed E-state index contributed by atoms with van der Waals surface area (Å²) < 4.78 is 22.9. The fourth-order valence-corrected chi connectivity index (χ4v) is 11.4. The number of unbranched alkanes of at least 4 members (excludes halogenated alkanes) is 26. The second kappa shape index (κ2) is 61.0. The number of carbonyl (C=O) groups excluding carboxylic acids is 1. The van der Waals surface area contributed by atoms with Gasteiger partial charge in [0, 0.05) is 6.42 Å². The predicted octanol–water partition coefficient (Wildman–Crippen LogP) is 15.7. The summed E-state index contributed by atoms with van der Waals surface area (Å²) in [4.78, 5) is 13.4. The van der Waals surface area contributed by atoms with Crippen molar-refractivity contribution in [2.45, 2.75) is 344 Å². The Hall–Kier alpha value is -3.61. The van der Waals surface area contributed by atoms with Crippen molar-refractivity contribution in [3.8, 4) is 0 Å². The average Bonchev–Trinajstić information content (AvgIpc) is 0.830. The largest absolute Gasteiger partial charge is 0.394 e. The molecular weight excluding hydrogens is 1160 g/mol. The number of rotatable bonds is 59. The van der Waals surface area contributed by atoms with Crippen molar-refractivity contribution in [1.29, 1.82) is 0 Å². The minimum atomic E-state index is -1.79. The minimum Gasteiger partial charge on any atom is -0.394 e. The van der Waals surface area contributed by atoms with Crippen LogP contribution >= 0.6 is 0 Å². The summed E-state index contributed by atoms with van der Waals surface area (Å²) in [5, 5.41) is 87.7. The van der Waals surface area contributed by atoms with Crippen LogP contribution in [0.2, 0.25) is 0 Å². The summed E-state index contributed by atoms with van der Waals surface area (Å²) in [5.41, 5.74) is 0. The van der Waals surface area contributed by atoms with Gasteiger partial charge in [0.2, 0.25) is 5.91 Å². The van der Waals surface area contributed by atoms with Crippen molar-refractivity contribution < 1.29 is 64.6 Å². The van der Waals surface area contributed by atoms with Crippen LogP contribution in [-0.4, -0.2) is 140 Å². The highest BCUT2D eigenvalue weighted by Gasteiger charge is 2.51. The number of ether oxygens (including phenoxy) is 4. The van der Waals surface area contributed by atoms with Crippen molar-refractivity contribution in [3.05, 3.63) is 122 Å². The third-order valence-electron chi connectivity index (χ3n) is 17.2. The Morgan fingerprint density at radius 3 is 1.15 bits per heavy atom. The van der Waals surface area contributed by atoms with Gasteiger partial charge in [0.1, 0.15) is 48.8 Å². The minimum absolute atomic E-state index is 0.233. The highest BCUT2D eigenvalue weighted by molar-refractivity contribution is 5.76. The summed E-state index contributed by atoms with van der Waals surface area (Å²) in [5.74, 6) is -0.233. The quantitative estimate of drug-likeness (QED) is 0.0204. The zero-order chi connectivity index (χ0) is 66.6. The second-order valence-corrected chi connectivity index (χ2v) is 25.3. The average molecular weight is 1290 g/mol. The molecule has 2 saturated heterocycles. The molecule has 0 bridgehead atoms. The first-order valence-electron chi connectivity index (χ1n) is 36.8. The molecule has 0 saturated carbocycles. The number of hydrogen-bond acceptors (Lipinski definition) is 13. The first-order valence-corrected chi connectivity index (χ1v) is 36.8. The van der Waals surface area contributed by atoms with Gasteiger partial charge in [-0.1, -0.05) is 296 Å². The fourth-order valence-electron chi connectivity index (χ4n) is 11.4. The molecule has 0 aromatic heterocycles. The fraction of sp³-hybridized carbons (Fsp3) is 0.731. The zero-order valence-corrected chi connectivity index (χ0v) is 57.5. The van der Waals surface area contributed by atoms with Crippen molar-refractivity contribution in [2.75, 3.05) is 19.8 Å². The summed E-state index contributed by atoms with van der Waals surface area (Å²) in [7, 11) is 0. The summed E-state index contributed by atoms with van der Waals surface area (Å²) >= 11 is 0. The van der Waals surface area contributed by atoms with Crippen LogP contribution in [0.5, 0.6) is 0 Å². The van der Waals surface area contributed by atoms with E-state index < -0.39 is 86.8 Å². The number of carbonyl (C=O) groups is 1. The van der Waals surface area contributed by atoms with E-state index in [4.69, 9.17) is 18.9 Å². The van der Waals surface area contributed by atoms with E-state index in [0.717, 1.165) is 116 Å². The van der Waals surface area contributed by atoms with Crippen LogP contribution in [0, 0.1) is 0 Å². The Balaban J connectivity index is 1.68. The lowest BCUT2D eigenvalue weighted by Crippen LogP contribution is -2.65. The van der Waals surface area contributed by atoms with Crippen molar-refractivity contribution in [2.24, 2.45) is 0 Å². The summed E-state index contributed by atoms with van der Waals surface area (Å²) in [6.07, 6.45) is 72.0. The Labute approximate surface area is 558 Å². The molecule has 2 aliphatic rings. The molecule has 0 radical (unpaired) electrons. The Morgan fingerprint density at radius 2 is 0.750 bits per heavy atom. The van der Waals surface area contributed by atoms with Gasteiger partial charge < -0.3 is 65.1 Å². The Kier molecular flexibility index (Phi) is 56.0. The number of allylic oxidation sites excluding steroid dienone is 20. The zero-order valence-electron chi connectivity index (χ0n) is 57.5. The molecule has 92 heavy (non-hydrogen) atoms. The molecule has 0 spiro atoms. The third kappa shape index (κ3) is 44.2. The summed E-state index contributed by atoms with van der Waals surface area (Å²) in [6, 6.07) is -0.853. The molecule has 2 heterocycles. The molecule has 2 aliphatic heterocycles. The van der Waals surface area contributed by atoms with E-state index >= 15 is 0 Å². The first-order chi connectivity index (χ1) is 45.1. The lowest BCUT2D eigenvalue weighted by atomic mass is 9.97. The molecule has 14 heteroatoms. The molecule has 12 atom stereocenters. The van der Waals surface area contributed by atoms with Gasteiger partial charge >= 0.3 is 0 Å². The van der Waals surface area contributed by atoms with Crippen LogP contribution < -0.4 is 5.32 Å². The van der Waals surface area contributed by atoms with Crippen LogP contribution in [0.15, 0.2) is 122 Å². The van der Waals surface area contributed by atoms with Crippen LogP contribution in [0.3, 0.4) is 0 Å². The topological polar surface area (TPSA) is 228 Å². The van der Waals surface area contributed by atoms with E-state index in [1.807, 2.05) is 0 Å². The van der Waals surface area contributed by atoms with Crippen molar-refractivity contribution in [3.63, 3.8) is 0 Å². The maximum absolute atomic E-state index is 13.4. The highest BCUT2D eigenvalue weighted by Crippen LogP contribution is 2.30. The predicted molar refractivity (Wildman–Crippen MR) is 378 cm³/mol. The molecular formula is C78H133NO13. The third-order valence-corrected chi connectivity index (χ3v) is 17.2. The van der Waals surface area contributed by atoms with E-state index in [1.54, 1.807) is 0 Å². The Bertz CT molecular complexity index is 2010. The molecule has 9 N–H and O–H groups in total. The van der Waals surface area contributed by atoms with Crippen molar-refractivity contribution >= 4 is 5.91 Å². The van der Waals surface area contributed by atoms with Gasteiger partial charge in [0.25, 0.3) is 0 Å². The number of amides is 1. The molecule has 14 nitrogen and oxygen atoms in total. The Morgan fingerprint density at radius 1 is 0.402 bits per heavy atom. The van der Waals surface area contributed by atoms with Gasteiger partial charge in [-0.3, -0.25) is 4.79 Å². The van der Waals surface area contributed by atoms with Crippen molar-refractivity contribution in [1.82, 2.24) is 5.32 Å².